The molecule has 3 nitrogen and oxygen atoms in total. The van der Waals surface area contributed by atoms with Crippen LogP contribution in [0, 0.1) is 9.39 Å². The molecule has 6 heteroatoms. The van der Waals surface area contributed by atoms with Gasteiger partial charge >= 0.3 is 0 Å². The van der Waals surface area contributed by atoms with Gasteiger partial charge in [-0.15, -0.1) is 0 Å². The minimum Gasteiger partial charge on any atom is -0.321 e. The number of aromatic nitrogens is 1. The van der Waals surface area contributed by atoms with Gasteiger partial charge in [0.05, 0.1) is 17.4 Å². The number of carbonyl (C=O) groups is 1. The zero-order valence-corrected chi connectivity index (χ0v) is 11.9. The van der Waals surface area contributed by atoms with Crippen molar-refractivity contribution in [2.45, 2.75) is 0 Å². The lowest BCUT2D eigenvalue weighted by Crippen LogP contribution is -2.14. The second-order valence-corrected chi connectivity index (χ2v) is 5.03. The molecule has 0 radical (unpaired) electrons. The number of benzene rings is 1. The maximum Gasteiger partial charge on any atom is 0.258 e. The predicted octanol–water partition coefficient (Wildman–Crippen LogP) is 3.73. The highest BCUT2D eigenvalue weighted by Gasteiger charge is 2.12. The lowest BCUT2D eigenvalue weighted by atomic mass is 10.2. The number of rotatable bonds is 2. The fourth-order valence-corrected chi connectivity index (χ4v) is 2.35. The van der Waals surface area contributed by atoms with E-state index in [1.54, 1.807) is 18.2 Å². The van der Waals surface area contributed by atoms with Crippen LogP contribution in [0.15, 0.2) is 36.7 Å². The number of amides is 1. The Labute approximate surface area is 122 Å². The van der Waals surface area contributed by atoms with Crippen molar-refractivity contribution >= 4 is 45.8 Å². The van der Waals surface area contributed by atoms with Crippen LogP contribution in [0.3, 0.4) is 0 Å². The van der Waals surface area contributed by atoms with Gasteiger partial charge in [0.25, 0.3) is 5.91 Å². The fourth-order valence-electron chi connectivity index (χ4n) is 1.34. The highest BCUT2D eigenvalue weighted by atomic mass is 127. The van der Waals surface area contributed by atoms with E-state index in [-0.39, 0.29) is 5.56 Å². The van der Waals surface area contributed by atoms with Gasteiger partial charge < -0.3 is 5.32 Å². The predicted molar refractivity (Wildman–Crippen MR) is 76.3 cm³/mol. The number of anilines is 1. The molecule has 0 aliphatic carbocycles. The molecule has 0 atom stereocenters. The number of halogens is 3. The van der Waals surface area contributed by atoms with Gasteiger partial charge in [-0.05, 0) is 46.9 Å². The number of carbonyl (C=O) groups excluding carboxylic acids is 1. The molecule has 0 aliphatic rings. The lowest BCUT2D eigenvalue weighted by molar-refractivity contribution is 0.102. The molecule has 1 amide bonds. The van der Waals surface area contributed by atoms with Gasteiger partial charge in [-0.1, -0.05) is 11.6 Å². The zero-order chi connectivity index (χ0) is 13.1. The SMILES string of the molecule is O=C(Nc1ccc(Cl)cc1I)c1ccncc1F. The number of pyridine rings is 1. The molecule has 18 heavy (non-hydrogen) atoms. The van der Waals surface area contributed by atoms with Gasteiger partial charge in [0, 0.05) is 14.8 Å². The Morgan fingerprint density at radius 2 is 2.17 bits per heavy atom. The topological polar surface area (TPSA) is 42.0 Å². The first-order valence-corrected chi connectivity index (χ1v) is 6.39. The summed E-state index contributed by atoms with van der Waals surface area (Å²) in [4.78, 5) is 15.4. The van der Waals surface area contributed by atoms with E-state index in [4.69, 9.17) is 11.6 Å². The van der Waals surface area contributed by atoms with Crippen LogP contribution in [0.4, 0.5) is 10.1 Å². The third-order valence-electron chi connectivity index (χ3n) is 2.20. The Bertz CT molecular complexity index is 606. The Balaban J connectivity index is 2.24. The van der Waals surface area contributed by atoms with Crippen molar-refractivity contribution < 1.29 is 9.18 Å². The van der Waals surface area contributed by atoms with Crippen molar-refractivity contribution in [3.05, 3.63) is 56.6 Å². The second kappa shape index (κ2) is 5.62. The summed E-state index contributed by atoms with van der Waals surface area (Å²) in [7, 11) is 0. The van der Waals surface area contributed by atoms with Crippen molar-refractivity contribution in [2.75, 3.05) is 5.32 Å². The van der Waals surface area contributed by atoms with Crippen molar-refractivity contribution in [2.24, 2.45) is 0 Å². The van der Waals surface area contributed by atoms with Gasteiger partial charge in [0.1, 0.15) is 0 Å². The molecule has 1 aromatic heterocycles. The summed E-state index contributed by atoms with van der Waals surface area (Å²) < 4.78 is 14.1. The van der Waals surface area contributed by atoms with E-state index in [0.717, 1.165) is 9.77 Å². The largest absolute Gasteiger partial charge is 0.321 e. The van der Waals surface area contributed by atoms with Crippen LogP contribution in [-0.2, 0) is 0 Å². The van der Waals surface area contributed by atoms with E-state index in [2.05, 4.69) is 10.3 Å². The van der Waals surface area contributed by atoms with E-state index in [0.29, 0.717) is 10.7 Å². The molecule has 0 aliphatic heterocycles. The van der Waals surface area contributed by atoms with Crippen molar-refractivity contribution in [3.8, 4) is 0 Å². The van der Waals surface area contributed by atoms with Gasteiger partial charge in [-0.2, -0.15) is 0 Å². The van der Waals surface area contributed by atoms with Gasteiger partial charge in [0.15, 0.2) is 5.82 Å². The first-order valence-electron chi connectivity index (χ1n) is 4.94. The van der Waals surface area contributed by atoms with E-state index in [1.807, 2.05) is 22.6 Å². The quantitative estimate of drug-likeness (QED) is 0.812. The summed E-state index contributed by atoms with van der Waals surface area (Å²) in [5.74, 6) is -1.17. The normalized spacial score (nSPS) is 10.2. The number of nitrogens with zero attached hydrogens (tertiary/aromatic N) is 1. The maximum absolute atomic E-state index is 13.4. The van der Waals surface area contributed by atoms with Crippen molar-refractivity contribution in [1.82, 2.24) is 4.98 Å². The highest BCUT2D eigenvalue weighted by molar-refractivity contribution is 14.1. The van der Waals surface area contributed by atoms with Gasteiger partial charge in [-0.3, -0.25) is 9.78 Å². The molecular weight excluding hydrogens is 370 g/mol. The molecule has 0 fully saturated rings. The first-order chi connectivity index (χ1) is 8.58. The number of hydrogen-bond acceptors (Lipinski definition) is 2. The molecule has 2 aromatic rings. The van der Waals surface area contributed by atoms with Crippen LogP contribution in [0.2, 0.25) is 5.02 Å². The Hall–Kier alpha value is -1.21. The first kappa shape index (κ1) is 13.2. The lowest BCUT2D eigenvalue weighted by Gasteiger charge is -2.08. The minimum atomic E-state index is -0.654. The van der Waals surface area contributed by atoms with Crippen LogP contribution in [0.5, 0.6) is 0 Å². The Kier molecular flexibility index (Phi) is 4.13. The average molecular weight is 377 g/mol. The summed E-state index contributed by atoms with van der Waals surface area (Å²) in [5, 5.41) is 3.20. The molecular formula is C12H7ClFIN2O. The summed E-state index contributed by atoms with van der Waals surface area (Å²) in [6.45, 7) is 0. The van der Waals surface area contributed by atoms with E-state index >= 15 is 0 Å². The molecule has 0 spiro atoms. The third kappa shape index (κ3) is 2.97. The van der Waals surface area contributed by atoms with Crippen LogP contribution >= 0.6 is 34.2 Å². The Morgan fingerprint density at radius 3 is 2.83 bits per heavy atom. The molecule has 0 bridgehead atoms. The molecule has 0 unspecified atom stereocenters. The monoisotopic (exact) mass is 376 g/mol. The van der Waals surface area contributed by atoms with Crippen LogP contribution in [0.1, 0.15) is 10.4 Å². The second-order valence-electron chi connectivity index (χ2n) is 3.43. The van der Waals surface area contributed by atoms with E-state index in [9.17, 15) is 9.18 Å². The smallest absolute Gasteiger partial charge is 0.258 e. The molecule has 0 saturated heterocycles. The summed E-state index contributed by atoms with van der Waals surface area (Å²) in [6, 6.07) is 6.36. The van der Waals surface area contributed by atoms with E-state index in [1.165, 1.54) is 12.3 Å². The third-order valence-corrected chi connectivity index (χ3v) is 3.32. The highest BCUT2D eigenvalue weighted by Crippen LogP contribution is 2.23. The molecule has 0 saturated carbocycles. The summed E-state index contributed by atoms with van der Waals surface area (Å²) in [6.07, 6.45) is 2.37. The number of hydrogen-bond donors (Lipinski definition) is 1. The summed E-state index contributed by atoms with van der Waals surface area (Å²) >= 11 is 7.85. The van der Waals surface area contributed by atoms with Crippen molar-refractivity contribution in [3.63, 3.8) is 0 Å². The molecule has 1 N–H and O–H groups in total. The molecule has 1 aromatic carbocycles. The van der Waals surface area contributed by atoms with E-state index < -0.39 is 11.7 Å². The van der Waals surface area contributed by atoms with Crippen molar-refractivity contribution in [1.29, 1.82) is 0 Å². The van der Waals surface area contributed by atoms with Gasteiger partial charge in [-0.25, -0.2) is 4.39 Å². The van der Waals surface area contributed by atoms with Gasteiger partial charge in [0.2, 0.25) is 0 Å². The molecule has 1 heterocycles. The van der Waals surface area contributed by atoms with Crippen LogP contribution < -0.4 is 5.32 Å². The van der Waals surface area contributed by atoms with Crippen LogP contribution in [-0.4, -0.2) is 10.9 Å². The number of nitrogens with one attached hydrogen (secondary N) is 1. The van der Waals surface area contributed by atoms with Crippen LogP contribution in [0.25, 0.3) is 0 Å². The minimum absolute atomic E-state index is 0.0456. The maximum atomic E-state index is 13.4. The zero-order valence-electron chi connectivity index (χ0n) is 8.95. The fraction of sp³-hybridized carbons (Fsp3) is 0. The summed E-state index contributed by atoms with van der Waals surface area (Å²) in [5.41, 5.74) is 0.539. The molecule has 92 valence electrons. The standard InChI is InChI=1S/C12H7ClFIN2O/c13-7-1-2-11(10(15)5-7)17-12(18)8-3-4-16-6-9(8)14/h1-6H,(H,17,18). The Morgan fingerprint density at radius 1 is 1.39 bits per heavy atom. The average Bonchev–Trinajstić information content (AvgIpc) is 2.33. The molecule has 2 rings (SSSR count).